The first-order valence-corrected chi connectivity index (χ1v) is 7.18. The van der Waals surface area contributed by atoms with Gasteiger partial charge in [-0.05, 0) is 17.7 Å². The van der Waals surface area contributed by atoms with Crippen molar-refractivity contribution < 1.29 is 18.3 Å². The standard InChI is InChI=1S/C12H14N2O4S/c1-9(12(15)16)7-14-19(17,18)8-11-4-2-10(6-13)3-5-11/h2-5,9,14H,7-8H2,1H3,(H,15,16). The van der Waals surface area contributed by atoms with Gasteiger partial charge in [0.25, 0.3) is 0 Å². The van der Waals surface area contributed by atoms with E-state index in [1.807, 2.05) is 6.07 Å². The van der Waals surface area contributed by atoms with Crippen molar-refractivity contribution in [3.63, 3.8) is 0 Å². The van der Waals surface area contributed by atoms with Gasteiger partial charge in [-0.1, -0.05) is 19.1 Å². The largest absolute Gasteiger partial charge is 0.481 e. The maximum atomic E-state index is 11.7. The lowest BCUT2D eigenvalue weighted by Crippen LogP contribution is -2.32. The third kappa shape index (κ3) is 5.07. The Morgan fingerprint density at radius 1 is 1.42 bits per heavy atom. The molecule has 0 heterocycles. The number of hydrogen-bond acceptors (Lipinski definition) is 4. The zero-order valence-corrected chi connectivity index (χ0v) is 11.1. The van der Waals surface area contributed by atoms with Crippen LogP contribution in [0.4, 0.5) is 0 Å². The Hall–Kier alpha value is -1.91. The monoisotopic (exact) mass is 282 g/mol. The van der Waals surface area contributed by atoms with Gasteiger partial charge in [-0.25, -0.2) is 13.1 Å². The molecule has 0 aliphatic carbocycles. The molecule has 2 N–H and O–H groups in total. The fourth-order valence-corrected chi connectivity index (χ4v) is 2.52. The summed E-state index contributed by atoms with van der Waals surface area (Å²) in [4.78, 5) is 10.6. The Labute approximate surface area is 111 Å². The highest BCUT2D eigenvalue weighted by molar-refractivity contribution is 7.88. The number of carboxylic acids is 1. The van der Waals surface area contributed by atoms with Gasteiger partial charge in [0, 0.05) is 6.54 Å². The molecule has 1 aromatic carbocycles. The molecular weight excluding hydrogens is 268 g/mol. The quantitative estimate of drug-likeness (QED) is 0.798. The summed E-state index contributed by atoms with van der Waals surface area (Å²) < 4.78 is 25.7. The van der Waals surface area contributed by atoms with E-state index in [1.165, 1.54) is 19.1 Å². The number of carbonyl (C=O) groups is 1. The van der Waals surface area contributed by atoms with Gasteiger partial charge in [0.2, 0.25) is 10.0 Å². The molecule has 102 valence electrons. The third-order valence-corrected chi connectivity index (χ3v) is 3.79. The van der Waals surface area contributed by atoms with Crippen LogP contribution in [-0.2, 0) is 20.6 Å². The fourth-order valence-electron chi connectivity index (χ4n) is 1.29. The third-order valence-electron chi connectivity index (χ3n) is 2.47. The van der Waals surface area contributed by atoms with Gasteiger partial charge in [0.15, 0.2) is 0 Å². The van der Waals surface area contributed by atoms with Crippen LogP contribution in [0.15, 0.2) is 24.3 Å². The van der Waals surface area contributed by atoms with Crippen LogP contribution in [0.25, 0.3) is 0 Å². The number of rotatable bonds is 6. The minimum absolute atomic E-state index is 0.145. The first kappa shape index (κ1) is 15.1. The molecule has 0 aromatic heterocycles. The van der Waals surface area contributed by atoms with Crippen LogP contribution in [0.2, 0.25) is 0 Å². The molecule has 7 heteroatoms. The van der Waals surface area contributed by atoms with E-state index in [0.717, 1.165) is 0 Å². The number of hydrogen-bond donors (Lipinski definition) is 2. The van der Waals surface area contributed by atoms with Crippen molar-refractivity contribution in [1.29, 1.82) is 5.26 Å². The van der Waals surface area contributed by atoms with Gasteiger partial charge in [-0.3, -0.25) is 4.79 Å². The summed E-state index contributed by atoms with van der Waals surface area (Å²) in [6.45, 7) is 1.28. The minimum atomic E-state index is -3.58. The summed E-state index contributed by atoms with van der Waals surface area (Å²) >= 11 is 0. The van der Waals surface area contributed by atoms with E-state index in [0.29, 0.717) is 11.1 Å². The second-order valence-corrected chi connectivity index (χ2v) is 5.96. The summed E-state index contributed by atoms with van der Waals surface area (Å²) in [5, 5.41) is 17.3. The Balaban J connectivity index is 2.64. The lowest BCUT2D eigenvalue weighted by atomic mass is 10.2. The molecule has 0 saturated carbocycles. The molecule has 1 rings (SSSR count). The van der Waals surface area contributed by atoms with Crippen molar-refractivity contribution in [2.75, 3.05) is 6.54 Å². The maximum absolute atomic E-state index is 11.7. The average Bonchev–Trinajstić information content (AvgIpc) is 2.36. The molecule has 0 amide bonds. The highest BCUT2D eigenvalue weighted by atomic mass is 32.2. The number of nitrogens with zero attached hydrogens (tertiary/aromatic N) is 1. The van der Waals surface area contributed by atoms with Crippen LogP contribution in [-0.4, -0.2) is 26.0 Å². The van der Waals surface area contributed by atoms with Crippen LogP contribution in [0, 0.1) is 17.2 Å². The first-order valence-electron chi connectivity index (χ1n) is 5.53. The van der Waals surface area contributed by atoms with Crippen molar-refractivity contribution in [3.8, 4) is 6.07 Å². The van der Waals surface area contributed by atoms with Crippen LogP contribution in [0.5, 0.6) is 0 Å². The van der Waals surface area contributed by atoms with Crippen molar-refractivity contribution in [3.05, 3.63) is 35.4 Å². The SMILES string of the molecule is CC(CNS(=O)(=O)Cc1ccc(C#N)cc1)C(=O)O. The van der Waals surface area contributed by atoms with Gasteiger partial charge in [-0.15, -0.1) is 0 Å². The fraction of sp³-hybridized carbons (Fsp3) is 0.333. The normalized spacial score (nSPS) is 12.6. The van der Waals surface area contributed by atoms with Crippen LogP contribution in [0.1, 0.15) is 18.1 Å². The number of carboxylic acid groups (broad SMARTS) is 1. The minimum Gasteiger partial charge on any atom is -0.481 e. The number of sulfonamides is 1. The first-order chi connectivity index (χ1) is 8.84. The molecule has 1 unspecified atom stereocenters. The highest BCUT2D eigenvalue weighted by Gasteiger charge is 2.16. The predicted octanol–water partition coefficient (Wildman–Crippen LogP) is 0.698. The lowest BCUT2D eigenvalue weighted by Gasteiger charge is -2.09. The lowest BCUT2D eigenvalue weighted by molar-refractivity contribution is -0.140. The summed E-state index contributed by atoms with van der Waals surface area (Å²) in [5.41, 5.74) is 0.989. The van der Waals surface area contributed by atoms with Gasteiger partial charge in [-0.2, -0.15) is 5.26 Å². The zero-order valence-electron chi connectivity index (χ0n) is 10.3. The summed E-state index contributed by atoms with van der Waals surface area (Å²) in [5.74, 6) is -2.08. The van der Waals surface area contributed by atoms with Gasteiger partial charge >= 0.3 is 5.97 Å². The van der Waals surface area contributed by atoms with Gasteiger partial charge < -0.3 is 5.11 Å². The molecule has 6 nitrogen and oxygen atoms in total. The maximum Gasteiger partial charge on any atom is 0.307 e. The van der Waals surface area contributed by atoms with Gasteiger partial charge in [0.1, 0.15) is 0 Å². The molecule has 19 heavy (non-hydrogen) atoms. The predicted molar refractivity (Wildman–Crippen MR) is 68.6 cm³/mol. The van der Waals surface area contributed by atoms with Crippen LogP contribution < -0.4 is 4.72 Å². The topological polar surface area (TPSA) is 107 Å². The Bertz CT molecular complexity index is 587. The molecule has 0 spiro atoms. The van der Waals surface area contributed by atoms with Crippen molar-refractivity contribution in [1.82, 2.24) is 4.72 Å². The molecule has 0 radical (unpaired) electrons. The van der Waals surface area contributed by atoms with E-state index in [9.17, 15) is 13.2 Å². The second kappa shape index (κ2) is 6.31. The van der Waals surface area contributed by atoms with Crippen molar-refractivity contribution in [2.24, 2.45) is 5.92 Å². The Kier molecular flexibility index (Phi) is 5.03. The Morgan fingerprint density at radius 2 is 2.00 bits per heavy atom. The molecule has 0 aliphatic rings. The molecule has 0 fully saturated rings. The summed E-state index contributed by atoms with van der Waals surface area (Å²) in [6, 6.07) is 8.11. The molecule has 1 atom stereocenters. The van der Waals surface area contributed by atoms with Gasteiger partial charge in [0.05, 0.1) is 23.3 Å². The smallest absolute Gasteiger partial charge is 0.307 e. The van der Waals surface area contributed by atoms with Crippen LogP contribution >= 0.6 is 0 Å². The van der Waals surface area contributed by atoms with Crippen molar-refractivity contribution in [2.45, 2.75) is 12.7 Å². The van der Waals surface area contributed by atoms with Crippen LogP contribution in [0.3, 0.4) is 0 Å². The zero-order chi connectivity index (χ0) is 14.5. The van der Waals surface area contributed by atoms with E-state index in [-0.39, 0.29) is 12.3 Å². The molecule has 0 aliphatic heterocycles. The van der Waals surface area contributed by atoms with E-state index in [4.69, 9.17) is 10.4 Å². The highest BCUT2D eigenvalue weighted by Crippen LogP contribution is 2.07. The van der Waals surface area contributed by atoms with E-state index >= 15 is 0 Å². The Morgan fingerprint density at radius 3 is 2.47 bits per heavy atom. The molecule has 1 aromatic rings. The van der Waals surface area contributed by atoms with Crippen molar-refractivity contribution >= 4 is 16.0 Å². The molecule has 0 bridgehead atoms. The summed E-state index contributed by atoms with van der Waals surface area (Å²) in [7, 11) is -3.58. The number of aliphatic carboxylic acids is 1. The van der Waals surface area contributed by atoms with E-state index in [2.05, 4.69) is 4.72 Å². The number of nitriles is 1. The molecular formula is C12H14N2O4S. The number of benzene rings is 1. The summed E-state index contributed by atoms with van der Waals surface area (Å²) in [6.07, 6.45) is 0. The average molecular weight is 282 g/mol. The number of nitrogens with one attached hydrogen (secondary N) is 1. The van der Waals surface area contributed by atoms with E-state index in [1.54, 1.807) is 12.1 Å². The molecule has 0 saturated heterocycles. The van der Waals surface area contributed by atoms with E-state index < -0.39 is 21.9 Å². The second-order valence-electron chi connectivity index (χ2n) is 4.16.